The summed E-state index contributed by atoms with van der Waals surface area (Å²) in [6.45, 7) is 1.58. The first kappa shape index (κ1) is 14.8. The van der Waals surface area contributed by atoms with Gasteiger partial charge in [0, 0.05) is 11.5 Å². The minimum atomic E-state index is -3.95. The van der Waals surface area contributed by atoms with Gasteiger partial charge in [0.15, 0.2) is 10.7 Å². The molecule has 9 heteroatoms. The number of aromatic nitrogens is 2. The third-order valence-corrected chi connectivity index (χ3v) is 4.97. The number of rotatable bonds is 3. The zero-order valence-corrected chi connectivity index (χ0v) is 13.1. The Morgan fingerprint density at radius 2 is 2.10 bits per heavy atom. The van der Waals surface area contributed by atoms with Crippen LogP contribution in [0, 0.1) is 12.7 Å². The molecule has 0 spiro atoms. The van der Waals surface area contributed by atoms with Crippen LogP contribution >= 0.6 is 15.9 Å². The lowest BCUT2D eigenvalue weighted by Gasteiger charge is -2.10. The molecule has 108 valence electrons. The number of nitrogens with one attached hydrogen (secondary N) is 1. The highest BCUT2D eigenvalue weighted by molar-refractivity contribution is 9.10. The molecule has 0 saturated carbocycles. The molecule has 0 saturated heterocycles. The average Bonchev–Trinajstić information content (AvgIpc) is 2.58. The molecule has 0 fully saturated rings. The molecule has 0 unspecified atom stereocenters. The largest absolute Gasteiger partial charge is 0.381 e. The molecule has 3 N–H and O–H groups in total. The Kier molecular flexibility index (Phi) is 3.74. The van der Waals surface area contributed by atoms with Crippen LogP contribution < -0.4 is 10.5 Å². The molecule has 0 aliphatic carbocycles. The summed E-state index contributed by atoms with van der Waals surface area (Å²) < 4.78 is 41.9. The monoisotopic (exact) mass is 362 g/mol. The van der Waals surface area contributed by atoms with E-state index in [0.717, 1.165) is 6.07 Å². The lowest BCUT2D eigenvalue weighted by atomic mass is 10.3. The first-order valence-electron chi connectivity index (χ1n) is 5.49. The molecule has 20 heavy (non-hydrogen) atoms. The van der Waals surface area contributed by atoms with Gasteiger partial charge in [-0.25, -0.2) is 12.8 Å². The van der Waals surface area contributed by atoms with E-state index in [-0.39, 0.29) is 16.4 Å². The number of nitrogens with zero attached hydrogens (tertiary/aromatic N) is 2. The summed E-state index contributed by atoms with van der Waals surface area (Å²) in [6.07, 6.45) is 0. The van der Waals surface area contributed by atoms with Crippen molar-refractivity contribution < 1.29 is 12.8 Å². The van der Waals surface area contributed by atoms with Gasteiger partial charge in [-0.2, -0.15) is 5.10 Å². The summed E-state index contributed by atoms with van der Waals surface area (Å²) in [5.74, 6) is -0.660. The smallest absolute Gasteiger partial charge is 0.267 e. The quantitative estimate of drug-likeness (QED) is 0.873. The van der Waals surface area contributed by atoms with Gasteiger partial charge in [0.05, 0.1) is 11.4 Å². The summed E-state index contributed by atoms with van der Waals surface area (Å²) in [4.78, 5) is -0.115. The van der Waals surface area contributed by atoms with Crippen LogP contribution in [0.4, 0.5) is 15.9 Å². The number of nitrogens with two attached hydrogens (primary N) is 1. The van der Waals surface area contributed by atoms with Crippen LogP contribution in [-0.4, -0.2) is 18.2 Å². The third kappa shape index (κ3) is 2.63. The molecule has 2 rings (SSSR count). The van der Waals surface area contributed by atoms with Crippen molar-refractivity contribution in [3.8, 4) is 0 Å². The van der Waals surface area contributed by atoms with E-state index in [1.807, 2.05) is 0 Å². The highest BCUT2D eigenvalue weighted by Crippen LogP contribution is 2.28. The van der Waals surface area contributed by atoms with Crippen molar-refractivity contribution in [1.29, 1.82) is 0 Å². The van der Waals surface area contributed by atoms with Gasteiger partial charge in [-0.3, -0.25) is 9.40 Å². The van der Waals surface area contributed by atoms with Crippen LogP contribution in [0.1, 0.15) is 5.69 Å². The molecule has 0 radical (unpaired) electrons. The molecule has 6 nitrogen and oxygen atoms in total. The number of anilines is 2. The number of sulfonamides is 1. The Morgan fingerprint density at radius 1 is 1.45 bits per heavy atom. The Bertz CT molecular complexity index is 773. The first-order chi connectivity index (χ1) is 9.22. The second-order valence-electron chi connectivity index (χ2n) is 4.15. The van der Waals surface area contributed by atoms with Crippen molar-refractivity contribution in [2.24, 2.45) is 7.05 Å². The standard InChI is InChI=1S/C11H12BrFN4O2S/c1-6-10(11(14)15-17(6)2)20(18,19)16-9-5-7(13)3-4-8(9)12/h3-5,16H,1-2H3,(H2,14,15). The van der Waals surface area contributed by atoms with E-state index in [9.17, 15) is 12.8 Å². The van der Waals surface area contributed by atoms with Crippen LogP contribution in [0.3, 0.4) is 0 Å². The van der Waals surface area contributed by atoms with E-state index in [2.05, 4.69) is 25.8 Å². The molecule has 0 aliphatic rings. The second-order valence-corrected chi connectivity index (χ2v) is 6.63. The van der Waals surface area contributed by atoms with Crippen LogP contribution in [-0.2, 0) is 17.1 Å². The van der Waals surface area contributed by atoms with Crippen molar-refractivity contribution in [3.05, 3.63) is 34.2 Å². The number of halogens is 2. The molecular formula is C11H12BrFN4O2S. The van der Waals surface area contributed by atoms with Gasteiger partial charge in [-0.15, -0.1) is 0 Å². The molecule has 1 aromatic heterocycles. The second kappa shape index (κ2) is 5.06. The Hall–Kier alpha value is -1.61. The van der Waals surface area contributed by atoms with Gasteiger partial charge >= 0.3 is 0 Å². The fourth-order valence-corrected chi connectivity index (χ4v) is 3.59. The minimum Gasteiger partial charge on any atom is -0.381 e. The highest BCUT2D eigenvalue weighted by atomic mass is 79.9. The van der Waals surface area contributed by atoms with Gasteiger partial charge in [-0.05, 0) is 41.1 Å². The van der Waals surface area contributed by atoms with Crippen molar-refractivity contribution in [2.45, 2.75) is 11.8 Å². The summed E-state index contributed by atoms with van der Waals surface area (Å²) in [7, 11) is -2.36. The van der Waals surface area contributed by atoms with Gasteiger partial charge in [-0.1, -0.05) is 0 Å². The first-order valence-corrected chi connectivity index (χ1v) is 7.77. The van der Waals surface area contributed by atoms with Gasteiger partial charge in [0.25, 0.3) is 10.0 Å². The molecule has 0 amide bonds. The average molecular weight is 363 g/mol. The highest BCUT2D eigenvalue weighted by Gasteiger charge is 2.25. The Labute approximate surface area is 124 Å². The molecular weight excluding hydrogens is 351 g/mol. The summed E-state index contributed by atoms with van der Waals surface area (Å²) >= 11 is 3.15. The molecule has 0 atom stereocenters. The van der Waals surface area contributed by atoms with Crippen molar-refractivity contribution >= 4 is 37.5 Å². The number of benzene rings is 1. The maximum absolute atomic E-state index is 13.2. The Balaban J connectivity index is 2.49. The molecule has 0 bridgehead atoms. The van der Waals surface area contributed by atoms with Gasteiger partial charge < -0.3 is 5.73 Å². The molecule has 0 aliphatic heterocycles. The lowest BCUT2D eigenvalue weighted by Crippen LogP contribution is -2.15. The van der Waals surface area contributed by atoms with Crippen LogP contribution in [0.15, 0.2) is 27.6 Å². The third-order valence-electron chi connectivity index (χ3n) is 2.75. The van der Waals surface area contributed by atoms with E-state index in [1.165, 1.54) is 16.8 Å². The normalized spacial score (nSPS) is 11.6. The Morgan fingerprint density at radius 3 is 2.65 bits per heavy atom. The zero-order chi connectivity index (χ0) is 15.1. The zero-order valence-electron chi connectivity index (χ0n) is 10.7. The lowest BCUT2D eigenvalue weighted by molar-refractivity contribution is 0.600. The predicted molar refractivity (Wildman–Crippen MR) is 77.3 cm³/mol. The maximum Gasteiger partial charge on any atom is 0.267 e. The number of hydrogen-bond donors (Lipinski definition) is 2. The van der Waals surface area contributed by atoms with Gasteiger partial charge in [0.2, 0.25) is 0 Å². The fourth-order valence-electron chi connectivity index (χ4n) is 1.72. The van der Waals surface area contributed by atoms with Crippen molar-refractivity contribution in [2.75, 3.05) is 10.5 Å². The molecule has 1 heterocycles. The molecule has 1 aromatic carbocycles. The van der Waals surface area contributed by atoms with Gasteiger partial charge in [0.1, 0.15) is 5.82 Å². The van der Waals surface area contributed by atoms with Crippen molar-refractivity contribution in [3.63, 3.8) is 0 Å². The number of nitrogen functional groups attached to an aromatic ring is 1. The molecule has 2 aromatic rings. The summed E-state index contributed by atoms with van der Waals surface area (Å²) in [5.41, 5.74) is 6.09. The van der Waals surface area contributed by atoms with Crippen LogP contribution in [0.25, 0.3) is 0 Å². The predicted octanol–water partition coefficient (Wildman–Crippen LogP) is 2.01. The number of aryl methyl sites for hydroxylation is 1. The van der Waals surface area contributed by atoms with Crippen molar-refractivity contribution in [1.82, 2.24) is 9.78 Å². The van der Waals surface area contributed by atoms with Crippen LogP contribution in [0.5, 0.6) is 0 Å². The van der Waals surface area contributed by atoms with E-state index >= 15 is 0 Å². The summed E-state index contributed by atoms with van der Waals surface area (Å²) in [5, 5.41) is 3.85. The summed E-state index contributed by atoms with van der Waals surface area (Å²) in [6, 6.07) is 3.70. The SMILES string of the molecule is Cc1c(S(=O)(=O)Nc2cc(F)ccc2Br)c(N)nn1C. The van der Waals surface area contributed by atoms with E-state index < -0.39 is 15.8 Å². The number of hydrogen-bond acceptors (Lipinski definition) is 4. The maximum atomic E-state index is 13.2. The fraction of sp³-hybridized carbons (Fsp3) is 0.182. The van der Waals surface area contributed by atoms with E-state index in [1.54, 1.807) is 14.0 Å². The minimum absolute atomic E-state index is 0.0904. The van der Waals surface area contributed by atoms with Crippen LogP contribution in [0.2, 0.25) is 0 Å². The topological polar surface area (TPSA) is 90.0 Å². The van der Waals surface area contributed by atoms with E-state index in [0.29, 0.717) is 10.2 Å². The van der Waals surface area contributed by atoms with E-state index in [4.69, 9.17) is 5.73 Å².